The fourth-order valence-electron chi connectivity index (χ4n) is 3.22. The van der Waals surface area contributed by atoms with E-state index in [0.717, 1.165) is 35.2 Å². The summed E-state index contributed by atoms with van der Waals surface area (Å²) in [6.45, 7) is 6.62. The highest BCUT2D eigenvalue weighted by Crippen LogP contribution is 2.34. The highest BCUT2D eigenvalue weighted by molar-refractivity contribution is 5.99. The van der Waals surface area contributed by atoms with E-state index in [-0.39, 0.29) is 5.56 Å². The number of H-pyrrole nitrogens is 1. The SMILES string of the molecule is Cc1ccc2[nH]c(=O)c(-c3coc(C)n3)c(N3CCOCC3)c2c1. The first kappa shape index (κ1) is 15.0. The van der Waals surface area contributed by atoms with Crippen LogP contribution in [0.3, 0.4) is 0 Å². The first-order valence-electron chi connectivity index (χ1n) is 8.05. The molecule has 2 aromatic heterocycles. The van der Waals surface area contributed by atoms with Crippen LogP contribution in [0.1, 0.15) is 11.5 Å². The molecule has 0 atom stereocenters. The van der Waals surface area contributed by atoms with E-state index in [1.54, 1.807) is 13.2 Å². The van der Waals surface area contributed by atoms with Gasteiger partial charge in [0.1, 0.15) is 12.0 Å². The zero-order valence-electron chi connectivity index (χ0n) is 13.8. The number of fused-ring (bicyclic) bond motifs is 1. The number of nitrogens with zero attached hydrogens (tertiary/aromatic N) is 2. The van der Waals surface area contributed by atoms with Gasteiger partial charge in [-0.15, -0.1) is 0 Å². The third-order valence-corrected chi connectivity index (χ3v) is 4.34. The summed E-state index contributed by atoms with van der Waals surface area (Å²) in [6.07, 6.45) is 1.55. The van der Waals surface area contributed by atoms with Gasteiger partial charge in [-0.05, 0) is 19.1 Å². The molecule has 0 aliphatic carbocycles. The number of hydrogen-bond donors (Lipinski definition) is 1. The van der Waals surface area contributed by atoms with Crippen LogP contribution in [-0.2, 0) is 4.74 Å². The second-order valence-corrected chi connectivity index (χ2v) is 6.08. The smallest absolute Gasteiger partial charge is 0.260 e. The van der Waals surface area contributed by atoms with Crippen molar-refractivity contribution in [3.63, 3.8) is 0 Å². The first-order valence-corrected chi connectivity index (χ1v) is 8.05. The van der Waals surface area contributed by atoms with Crippen molar-refractivity contribution in [1.82, 2.24) is 9.97 Å². The van der Waals surface area contributed by atoms with Crippen LogP contribution in [0.25, 0.3) is 22.2 Å². The summed E-state index contributed by atoms with van der Waals surface area (Å²) in [6, 6.07) is 6.06. The molecule has 1 fully saturated rings. The molecule has 6 nitrogen and oxygen atoms in total. The van der Waals surface area contributed by atoms with Crippen molar-refractivity contribution in [2.75, 3.05) is 31.2 Å². The van der Waals surface area contributed by atoms with Crippen molar-refractivity contribution in [3.8, 4) is 11.3 Å². The molecule has 3 aromatic rings. The van der Waals surface area contributed by atoms with Gasteiger partial charge < -0.3 is 19.0 Å². The monoisotopic (exact) mass is 325 g/mol. The number of pyridine rings is 1. The number of aryl methyl sites for hydroxylation is 2. The van der Waals surface area contributed by atoms with Crippen molar-refractivity contribution in [2.24, 2.45) is 0 Å². The maximum atomic E-state index is 12.8. The van der Waals surface area contributed by atoms with Crippen LogP contribution in [0.5, 0.6) is 0 Å². The summed E-state index contributed by atoms with van der Waals surface area (Å²) in [5.41, 5.74) is 3.86. The van der Waals surface area contributed by atoms with Gasteiger partial charge in [0.05, 0.1) is 30.0 Å². The van der Waals surface area contributed by atoms with Gasteiger partial charge in [0.2, 0.25) is 0 Å². The zero-order valence-corrected chi connectivity index (χ0v) is 13.8. The molecule has 0 amide bonds. The van der Waals surface area contributed by atoms with Gasteiger partial charge in [0.15, 0.2) is 5.89 Å². The van der Waals surface area contributed by atoms with Crippen LogP contribution in [0.15, 0.2) is 33.7 Å². The van der Waals surface area contributed by atoms with Crippen LogP contribution in [0, 0.1) is 13.8 Å². The number of rotatable bonds is 2. The van der Waals surface area contributed by atoms with Gasteiger partial charge in [-0.1, -0.05) is 11.6 Å². The minimum atomic E-state index is -0.152. The lowest BCUT2D eigenvalue weighted by Crippen LogP contribution is -2.37. The molecule has 1 aliphatic rings. The maximum absolute atomic E-state index is 12.8. The summed E-state index contributed by atoms with van der Waals surface area (Å²) in [7, 11) is 0. The average Bonchev–Trinajstić information content (AvgIpc) is 3.01. The molecule has 6 heteroatoms. The van der Waals surface area contributed by atoms with E-state index in [0.29, 0.717) is 30.4 Å². The van der Waals surface area contributed by atoms with Crippen LogP contribution in [-0.4, -0.2) is 36.3 Å². The van der Waals surface area contributed by atoms with Crippen molar-refractivity contribution in [1.29, 1.82) is 0 Å². The minimum Gasteiger partial charge on any atom is -0.449 e. The third kappa shape index (κ3) is 2.49. The number of hydrogen-bond acceptors (Lipinski definition) is 5. The van der Waals surface area contributed by atoms with E-state index < -0.39 is 0 Å². The van der Waals surface area contributed by atoms with Gasteiger partial charge in [-0.3, -0.25) is 4.79 Å². The molecule has 0 radical (unpaired) electrons. The Balaban J connectivity index is 2.05. The number of aromatic amines is 1. The van der Waals surface area contributed by atoms with Crippen molar-refractivity contribution < 1.29 is 9.15 Å². The number of nitrogens with one attached hydrogen (secondary N) is 1. The molecule has 1 aromatic carbocycles. The van der Waals surface area contributed by atoms with E-state index in [4.69, 9.17) is 9.15 Å². The lowest BCUT2D eigenvalue weighted by Gasteiger charge is -2.31. The summed E-state index contributed by atoms with van der Waals surface area (Å²) in [5, 5.41) is 1.02. The molecule has 3 heterocycles. The second kappa shape index (κ2) is 5.79. The Hall–Kier alpha value is -2.60. The van der Waals surface area contributed by atoms with Crippen molar-refractivity contribution >= 4 is 16.6 Å². The normalized spacial score (nSPS) is 15.2. The Morgan fingerprint density at radius 2 is 2.00 bits per heavy atom. The Morgan fingerprint density at radius 3 is 2.71 bits per heavy atom. The zero-order chi connectivity index (χ0) is 16.7. The first-order chi connectivity index (χ1) is 11.6. The molecule has 1 saturated heterocycles. The van der Waals surface area contributed by atoms with Crippen molar-refractivity contribution in [3.05, 3.63) is 46.3 Å². The van der Waals surface area contributed by atoms with Crippen LogP contribution >= 0.6 is 0 Å². The molecule has 4 rings (SSSR count). The van der Waals surface area contributed by atoms with E-state index in [1.165, 1.54) is 0 Å². The summed E-state index contributed by atoms with van der Waals surface area (Å²) in [4.78, 5) is 22.4. The Bertz CT molecular complexity index is 952. The predicted molar refractivity (Wildman–Crippen MR) is 92.6 cm³/mol. The topological polar surface area (TPSA) is 71.4 Å². The van der Waals surface area contributed by atoms with E-state index in [2.05, 4.69) is 20.9 Å². The maximum Gasteiger partial charge on any atom is 0.260 e. The molecule has 1 aliphatic heterocycles. The summed E-state index contributed by atoms with van der Waals surface area (Å²) in [5.74, 6) is 0.543. The largest absolute Gasteiger partial charge is 0.449 e. The number of ether oxygens (including phenoxy) is 1. The lowest BCUT2D eigenvalue weighted by atomic mass is 10.0. The minimum absolute atomic E-state index is 0.152. The van der Waals surface area contributed by atoms with Gasteiger partial charge in [0.25, 0.3) is 5.56 Å². The number of anilines is 1. The van der Waals surface area contributed by atoms with Crippen LogP contribution < -0.4 is 10.5 Å². The van der Waals surface area contributed by atoms with Gasteiger partial charge in [-0.25, -0.2) is 4.98 Å². The molecule has 0 spiro atoms. The molecule has 0 bridgehead atoms. The van der Waals surface area contributed by atoms with E-state index >= 15 is 0 Å². The molecule has 124 valence electrons. The Kier molecular flexibility index (Phi) is 3.61. The molecular formula is C18H19N3O3. The number of oxazole rings is 1. The van der Waals surface area contributed by atoms with E-state index in [1.807, 2.05) is 19.1 Å². The summed E-state index contributed by atoms with van der Waals surface area (Å²) >= 11 is 0. The number of aromatic nitrogens is 2. The van der Waals surface area contributed by atoms with Crippen LogP contribution in [0.4, 0.5) is 5.69 Å². The van der Waals surface area contributed by atoms with Crippen molar-refractivity contribution in [2.45, 2.75) is 13.8 Å². The average molecular weight is 325 g/mol. The molecule has 0 saturated carbocycles. The summed E-state index contributed by atoms with van der Waals surface area (Å²) < 4.78 is 10.8. The van der Waals surface area contributed by atoms with Crippen LogP contribution in [0.2, 0.25) is 0 Å². The number of morpholine rings is 1. The fraction of sp³-hybridized carbons (Fsp3) is 0.333. The predicted octanol–water partition coefficient (Wildman–Crippen LogP) is 2.64. The highest BCUT2D eigenvalue weighted by atomic mass is 16.5. The Labute approximate surface area is 139 Å². The molecule has 1 N–H and O–H groups in total. The van der Waals surface area contributed by atoms with E-state index in [9.17, 15) is 4.79 Å². The quantitative estimate of drug-likeness (QED) is 0.784. The van der Waals surface area contributed by atoms with Gasteiger partial charge in [0, 0.05) is 25.4 Å². The second-order valence-electron chi connectivity index (χ2n) is 6.08. The third-order valence-electron chi connectivity index (χ3n) is 4.34. The molecule has 24 heavy (non-hydrogen) atoms. The standard InChI is InChI=1S/C18H19N3O3/c1-11-3-4-14-13(9-11)17(21-5-7-23-8-6-21)16(18(22)20-14)15-10-24-12(2)19-15/h3-4,9-10H,5-8H2,1-2H3,(H,20,22). The Morgan fingerprint density at radius 1 is 1.21 bits per heavy atom. The molecule has 0 unspecified atom stereocenters. The lowest BCUT2D eigenvalue weighted by molar-refractivity contribution is 0.123. The van der Waals surface area contributed by atoms with Gasteiger partial charge >= 0.3 is 0 Å². The number of benzene rings is 1. The molecular weight excluding hydrogens is 306 g/mol. The van der Waals surface area contributed by atoms with Gasteiger partial charge in [-0.2, -0.15) is 0 Å². The highest BCUT2D eigenvalue weighted by Gasteiger charge is 2.23. The fourth-order valence-corrected chi connectivity index (χ4v) is 3.22.